The molecule has 0 saturated carbocycles. The highest BCUT2D eigenvalue weighted by Gasteiger charge is 2.25. The van der Waals surface area contributed by atoms with E-state index >= 15 is 0 Å². The molecule has 33 nitrogen and oxygen atoms in total. The second-order valence-electron chi connectivity index (χ2n) is 24.6. The van der Waals surface area contributed by atoms with E-state index in [-0.39, 0.29) is 179 Å². The first kappa shape index (κ1) is 90.7. The maximum Gasteiger partial charge on any atom is 0.354 e. The summed E-state index contributed by atoms with van der Waals surface area (Å²) >= 11 is 0. The van der Waals surface area contributed by atoms with Crippen LogP contribution >= 0.6 is 0 Å². The van der Waals surface area contributed by atoms with Crippen LogP contribution in [0.3, 0.4) is 0 Å². The number of esters is 1. The zero-order chi connectivity index (χ0) is 80.7. The van der Waals surface area contributed by atoms with Gasteiger partial charge in [0.25, 0.3) is 0 Å². The molecule has 0 saturated heterocycles. The van der Waals surface area contributed by atoms with Gasteiger partial charge in [0.15, 0.2) is 11.6 Å². The van der Waals surface area contributed by atoms with Crippen LogP contribution in [0.25, 0.3) is 0 Å². The van der Waals surface area contributed by atoms with Gasteiger partial charge in [0.2, 0.25) is 35.1 Å². The van der Waals surface area contributed by atoms with E-state index in [2.05, 4.69) is 40.6 Å². The third-order valence-electron chi connectivity index (χ3n) is 15.7. The van der Waals surface area contributed by atoms with Gasteiger partial charge < -0.3 is 88.5 Å². The molecule has 5 heterocycles. The van der Waals surface area contributed by atoms with Gasteiger partial charge in [-0.2, -0.15) is 8.78 Å². The summed E-state index contributed by atoms with van der Waals surface area (Å²) in [4.78, 5) is 125. The van der Waals surface area contributed by atoms with Crippen LogP contribution in [0.5, 0.6) is 11.5 Å². The molecule has 37 heteroatoms. The number of hydrogen-bond donors (Lipinski definition) is 7. The summed E-state index contributed by atoms with van der Waals surface area (Å²) in [5.74, 6) is -16.0. The first-order valence-corrected chi connectivity index (χ1v) is 36.0. The number of halogens is 4. The molecule has 0 fully saturated rings. The van der Waals surface area contributed by atoms with Crippen LogP contribution < -0.4 is 25.4 Å². The molecule has 0 radical (unpaired) electrons. The molecule has 3 amide bonds. The molecule has 1 atom stereocenters. The average molecular weight is 1580 g/mol. The molecule has 1 unspecified atom stereocenters. The van der Waals surface area contributed by atoms with Crippen molar-refractivity contribution in [1.82, 2.24) is 50.7 Å². The predicted molar refractivity (Wildman–Crippen MR) is 386 cm³/mol. The van der Waals surface area contributed by atoms with Crippen LogP contribution in [0.15, 0.2) is 91.0 Å². The van der Waals surface area contributed by atoms with E-state index in [9.17, 15) is 76.3 Å². The minimum Gasteiger partial charge on any atom is -0.491 e. The SMILES string of the molecule is COCCOCCOCCOCCOCCOCCC(=O)NCCCCC(NC(=O)CCCCC(=O)Oc1c(F)c(F)cc(F)c1F)C(=O)NCCOCCOCCOCCOc1cc(CN(Cc2cccc(C(=O)O)n2)Cc2cccc(C(=O)O)n2)nc(CN(Cc2cccc(C(=O)O)n2)Cc2cccc(C(=O)O)n2)c1. The van der Waals surface area contributed by atoms with E-state index in [1.807, 2.05) is 9.80 Å². The molecule has 6 aromatic rings. The quantitative estimate of drug-likeness (QED) is 0.00754. The summed E-state index contributed by atoms with van der Waals surface area (Å²) in [6.45, 7) is 5.55. The standard InChI is InChI=1S/C75H94F4N10O23/c1-102-26-27-105-32-33-108-36-37-109-35-34-106-30-28-103-24-21-65(90)80-22-5-4-14-60(87-66(91)19-2-3-20-67(92)112-70-68(78)58(76)44-59(77)69(70)79)71(93)81-23-25-104-29-31-107-38-39-110-40-41-111-57-42-55(49-88(45-51-10-6-15-61(83-51)72(94)95)46-52-11-7-16-62(84-52)73(96)97)82-56(43-57)50-89(47-53-12-8-17-63(85-53)74(98)99)48-54-13-9-18-64(86-54)75(100)101/h6-13,15-18,42-44,60H,2-5,14,19-41,45-50H2,1H3,(H,80,90)(H,81,93)(H,87,91)(H,94,95)(H,96,97)(H,98,99)(H,100,101). The summed E-state index contributed by atoms with van der Waals surface area (Å²) in [5, 5.41) is 47.2. The number of nitrogens with zero attached hydrogens (tertiary/aromatic N) is 7. The highest BCUT2D eigenvalue weighted by molar-refractivity contribution is 5.88. The lowest BCUT2D eigenvalue weighted by Gasteiger charge is -2.24. The van der Waals surface area contributed by atoms with Gasteiger partial charge in [-0.15, -0.1) is 0 Å². The first-order valence-electron chi connectivity index (χ1n) is 36.0. The topological polar surface area (TPSA) is 426 Å². The summed E-state index contributed by atoms with van der Waals surface area (Å²) < 4.78 is 115. The van der Waals surface area contributed by atoms with E-state index in [1.165, 1.54) is 24.3 Å². The molecule has 5 aromatic heterocycles. The fraction of sp³-hybridized carbons (Fsp3) is 0.480. The summed E-state index contributed by atoms with van der Waals surface area (Å²) in [6.07, 6.45) is 0.432. The van der Waals surface area contributed by atoms with Gasteiger partial charge in [-0.25, -0.2) is 47.9 Å². The van der Waals surface area contributed by atoms with Crippen molar-refractivity contribution >= 4 is 47.6 Å². The van der Waals surface area contributed by atoms with Crippen LogP contribution in [0.1, 0.15) is 127 Å². The molecule has 0 spiro atoms. The number of amides is 3. The van der Waals surface area contributed by atoms with Gasteiger partial charge in [-0.1, -0.05) is 24.3 Å². The Morgan fingerprint density at radius 2 is 0.786 bits per heavy atom. The highest BCUT2D eigenvalue weighted by Crippen LogP contribution is 2.28. The van der Waals surface area contributed by atoms with E-state index in [1.54, 1.807) is 67.8 Å². The van der Waals surface area contributed by atoms with Gasteiger partial charge in [0.05, 0.1) is 146 Å². The van der Waals surface area contributed by atoms with Crippen molar-refractivity contribution in [2.45, 2.75) is 96.7 Å². The minimum atomic E-state index is -1.89. The van der Waals surface area contributed by atoms with E-state index in [4.69, 9.17) is 52.4 Å². The monoisotopic (exact) mass is 1580 g/mol. The lowest BCUT2D eigenvalue weighted by atomic mass is 10.1. The Bertz CT molecular complexity index is 3660. The molecule has 610 valence electrons. The van der Waals surface area contributed by atoms with Crippen molar-refractivity contribution in [3.8, 4) is 11.5 Å². The smallest absolute Gasteiger partial charge is 0.354 e. The van der Waals surface area contributed by atoms with Crippen LogP contribution in [-0.2, 0) is 101 Å². The summed E-state index contributed by atoms with van der Waals surface area (Å²) in [6, 6.07) is 20.4. The van der Waals surface area contributed by atoms with Crippen molar-refractivity contribution in [3.05, 3.63) is 171 Å². The van der Waals surface area contributed by atoms with Gasteiger partial charge in [-0.05, 0) is 80.6 Å². The Balaban J connectivity index is 0.967. The Hall–Kier alpha value is -10.2. The number of aromatic nitrogens is 5. The number of carbonyl (C=O) groups is 8. The van der Waals surface area contributed by atoms with Crippen molar-refractivity contribution < 1.29 is 128 Å². The summed E-state index contributed by atoms with van der Waals surface area (Å²) in [7, 11) is 1.60. The number of aromatic carboxylic acids is 4. The van der Waals surface area contributed by atoms with Crippen molar-refractivity contribution in [2.24, 2.45) is 0 Å². The number of benzene rings is 1. The number of unbranched alkanes of at least 4 members (excludes halogenated alkanes) is 2. The molecule has 1 aromatic carbocycles. The maximum absolute atomic E-state index is 14.1. The fourth-order valence-electron chi connectivity index (χ4n) is 10.4. The molecule has 0 bridgehead atoms. The molecule has 6 rings (SSSR count). The number of carboxylic acid groups (broad SMARTS) is 4. The molecule has 0 aliphatic rings. The normalized spacial score (nSPS) is 11.6. The number of rotatable bonds is 60. The van der Waals surface area contributed by atoms with Crippen LogP contribution in [-0.4, -0.2) is 248 Å². The zero-order valence-electron chi connectivity index (χ0n) is 62.0. The number of nitrogens with one attached hydrogen (secondary N) is 3. The number of hydrogen-bond acceptors (Lipinski definition) is 26. The predicted octanol–water partition coefficient (Wildman–Crippen LogP) is 6.02. The lowest BCUT2D eigenvalue weighted by Crippen LogP contribution is -2.47. The number of carbonyl (C=O) groups excluding carboxylic acids is 4. The first-order chi connectivity index (χ1) is 54.1. The fourth-order valence-corrected chi connectivity index (χ4v) is 10.4. The molecule has 112 heavy (non-hydrogen) atoms. The number of ether oxygens (including phenoxy) is 11. The van der Waals surface area contributed by atoms with Crippen LogP contribution in [0.2, 0.25) is 0 Å². The maximum atomic E-state index is 14.1. The van der Waals surface area contributed by atoms with E-state index in [0.717, 1.165) is 0 Å². The van der Waals surface area contributed by atoms with E-state index in [0.29, 0.717) is 112 Å². The van der Waals surface area contributed by atoms with Gasteiger partial charge >= 0.3 is 29.8 Å². The van der Waals surface area contributed by atoms with Crippen LogP contribution in [0.4, 0.5) is 17.6 Å². The summed E-state index contributed by atoms with van der Waals surface area (Å²) in [5.41, 5.74) is 1.55. The van der Waals surface area contributed by atoms with Crippen molar-refractivity contribution in [2.75, 3.05) is 139 Å². The van der Waals surface area contributed by atoms with E-state index < -0.39 is 83.1 Å². The Morgan fingerprint density at radius 3 is 1.21 bits per heavy atom. The molecule has 0 aliphatic carbocycles. The second kappa shape index (κ2) is 52.1. The Labute approximate surface area is 642 Å². The van der Waals surface area contributed by atoms with Gasteiger partial charge in [0.1, 0.15) is 41.2 Å². The average Bonchev–Trinajstić information content (AvgIpc) is 0.813. The molecular weight excluding hydrogens is 1480 g/mol. The zero-order valence-corrected chi connectivity index (χ0v) is 62.0. The van der Waals surface area contributed by atoms with Gasteiger partial charge in [-0.3, -0.25) is 34.0 Å². The van der Waals surface area contributed by atoms with Crippen molar-refractivity contribution in [3.63, 3.8) is 0 Å². The lowest BCUT2D eigenvalue weighted by molar-refractivity contribution is -0.135. The number of methoxy groups -OCH3 is 1. The largest absolute Gasteiger partial charge is 0.491 e. The van der Waals surface area contributed by atoms with Gasteiger partial charge in [0, 0.05) is 96.9 Å². The van der Waals surface area contributed by atoms with Crippen molar-refractivity contribution in [1.29, 1.82) is 0 Å². The minimum absolute atomic E-state index is 0.0282. The third kappa shape index (κ3) is 36.3. The molecule has 7 N–H and O–H groups in total. The Kier molecular flexibility index (Phi) is 42.2. The molecule has 0 aliphatic heterocycles. The number of carboxylic acids is 4. The Morgan fingerprint density at radius 1 is 0.402 bits per heavy atom. The number of pyridine rings is 5. The van der Waals surface area contributed by atoms with Crippen LogP contribution in [0, 0.1) is 23.3 Å². The highest BCUT2D eigenvalue weighted by atomic mass is 19.2. The molecular formula is C75H94F4N10O23. The second-order valence-corrected chi connectivity index (χ2v) is 24.6. The third-order valence-corrected chi connectivity index (χ3v) is 15.7.